The summed E-state index contributed by atoms with van der Waals surface area (Å²) in [4.78, 5) is 14.4. The van der Waals surface area contributed by atoms with Gasteiger partial charge in [-0.15, -0.1) is 0 Å². The number of carbonyl (C=O) groups excluding carboxylic acids is 1. The van der Waals surface area contributed by atoms with Crippen LogP contribution in [0.1, 0.15) is 51.4 Å². The molecule has 0 aromatic carbocycles. The van der Waals surface area contributed by atoms with Crippen LogP contribution < -0.4 is 10.6 Å². The van der Waals surface area contributed by atoms with Crippen molar-refractivity contribution in [2.24, 2.45) is 0 Å². The molecule has 4 nitrogen and oxygen atoms in total. The molecular weight excluding hydrogens is 226 g/mol. The molecule has 0 bridgehead atoms. The van der Waals surface area contributed by atoms with Crippen molar-refractivity contribution >= 4 is 6.03 Å². The monoisotopic (exact) mass is 251 g/mol. The minimum Gasteiger partial charge on any atom is -0.335 e. The minimum atomic E-state index is 0.189. The number of rotatable bonds is 4. The quantitative estimate of drug-likeness (QED) is 0.801. The fourth-order valence-corrected chi connectivity index (χ4v) is 2.91. The third kappa shape index (κ3) is 2.97. The molecule has 3 aliphatic rings. The molecule has 2 amide bonds. The number of amides is 2. The fraction of sp³-hybridized carbons (Fsp3) is 0.929. The van der Waals surface area contributed by atoms with Crippen molar-refractivity contribution in [1.29, 1.82) is 0 Å². The highest BCUT2D eigenvalue weighted by molar-refractivity contribution is 5.75. The molecule has 0 spiro atoms. The van der Waals surface area contributed by atoms with Gasteiger partial charge in [0.1, 0.15) is 0 Å². The molecule has 1 atom stereocenters. The normalized spacial score (nSPS) is 28.6. The summed E-state index contributed by atoms with van der Waals surface area (Å²) in [5.74, 6) is 0. The lowest BCUT2D eigenvalue weighted by Crippen LogP contribution is -2.52. The average Bonchev–Trinajstić information content (AvgIpc) is 3.16. The van der Waals surface area contributed by atoms with E-state index in [2.05, 4.69) is 15.5 Å². The summed E-state index contributed by atoms with van der Waals surface area (Å²) in [6.07, 6.45) is 9.83. The number of carbonyl (C=O) groups is 1. The van der Waals surface area contributed by atoms with Gasteiger partial charge in [0, 0.05) is 24.7 Å². The van der Waals surface area contributed by atoms with E-state index in [1.54, 1.807) is 0 Å². The van der Waals surface area contributed by atoms with Crippen LogP contribution in [0.25, 0.3) is 0 Å². The molecule has 0 aromatic rings. The van der Waals surface area contributed by atoms with E-state index in [1.807, 2.05) is 0 Å². The Morgan fingerprint density at radius 1 is 1.11 bits per heavy atom. The Kier molecular flexibility index (Phi) is 3.73. The topological polar surface area (TPSA) is 44.4 Å². The maximum absolute atomic E-state index is 12.3. The van der Waals surface area contributed by atoms with Crippen LogP contribution >= 0.6 is 0 Å². The molecule has 0 aromatic heterocycles. The Balaban J connectivity index is 1.51. The molecular formula is C14H25N3O. The number of piperidine rings is 1. The van der Waals surface area contributed by atoms with Crippen molar-refractivity contribution in [2.45, 2.75) is 69.5 Å². The van der Waals surface area contributed by atoms with Gasteiger partial charge in [0.2, 0.25) is 0 Å². The van der Waals surface area contributed by atoms with Crippen LogP contribution in [-0.4, -0.2) is 42.1 Å². The molecule has 3 rings (SSSR count). The van der Waals surface area contributed by atoms with Gasteiger partial charge in [0.05, 0.1) is 0 Å². The van der Waals surface area contributed by atoms with Crippen LogP contribution in [0.15, 0.2) is 0 Å². The van der Waals surface area contributed by atoms with E-state index >= 15 is 0 Å². The van der Waals surface area contributed by atoms with Crippen molar-refractivity contribution in [3.05, 3.63) is 0 Å². The standard InChI is InChI=1S/C14H25N3O/c18-14(16-11-5-3-6-11)17(13-7-8-13)10-12-4-1-2-9-15-12/h11-13,15H,1-10H2,(H,16,18). The van der Waals surface area contributed by atoms with Crippen molar-refractivity contribution in [2.75, 3.05) is 13.1 Å². The summed E-state index contributed by atoms with van der Waals surface area (Å²) in [6, 6.07) is 1.69. The van der Waals surface area contributed by atoms with Crippen LogP contribution in [0, 0.1) is 0 Å². The highest BCUT2D eigenvalue weighted by Crippen LogP contribution is 2.28. The van der Waals surface area contributed by atoms with Gasteiger partial charge in [-0.2, -0.15) is 0 Å². The van der Waals surface area contributed by atoms with E-state index in [1.165, 1.54) is 51.4 Å². The summed E-state index contributed by atoms with van der Waals surface area (Å²) in [7, 11) is 0. The molecule has 1 heterocycles. The Bertz CT molecular complexity index is 293. The van der Waals surface area contributed by atoms with Crippen molar-refractivity contribution in [3.63, 3.8) is 0 Å². The maximum Gasteiger partial charge on any atom is 0.317 e. The fourth-order valence-electron chi connectivity index (χ4n) is 2.91. The van der Waals surface area contributed by atoms with E-state index in [0.717, 1.165) is 13.1 Å². The zero-order chi connectivity index (χ0) is 12.4. The number of urea groups is 1. The lowest BCUT2D eigenvalue weighted by Gasteiger charge is -2.34. The van der Waals surface area contributed by atoms with E-state index < -0.39 is 0 Å². The lowest BCUT2D eigenvalue weighted by atomic mass is 9.93. The summed E-state index contributed by atoms with van der Waals surface area (Å²) < 4.78 is 0. The van der Waals surface area contributed by atoms with Gasteiger partial charge in [-0.1, -0.05) is 6.42 Å². The summed E-state index contributed by atoms with van der Waals surface area (Å²) in [6.45, 7) is 2.02. The van der Waals surface area contributed by atoms with Gasteiger partial charge in [-0.05, 0) is 51.5 Å². The average molecular weight is 251 g/mol. The van der Waals surface area contributed by atoms with E-state index in [9.17, 15) is 4.79 Å². The summed E-state index contributed by atoms with van der Waals surface area (Å²) in [5, 5.41) is 6.73. The summed E-state index contributed by atoms with van der Waals surface area (Å²) in [5.41, 5.74) is 0. The van der Waals surface area contributed by atoms with Crippen LogP contribution in [0.5, 0.6) is 0 Å². The first-order valence-electron chi connectivity index (χ1n) is 7.63. The number of nitrogens with zero attached hydrogens (tertiary/aromatic N) is 1. The Labute approximate surface area is 109 Å². The zero-order valence-corrected chi connectivity index (χ0v) is 11.2. The smallest absolute Gasteiger partial charge is 0.317 e. The van der Waals surface area contributed by atoms with Crippen LogP contribution in [0.3, 0.4) is 0 Å². The Morgan fingerprint density at radius 3 is 2.50 bits per heavy atom. The molecule has 4 heteroatoms. The van der Waals surface area contributed by atoms with Crippen molar-refractivity contribution in [3.8, 4) is 0 Å². The van der Waals surface area contributed by atoms with Crippen LogP contribution in [0.4, 0.5) is 4.79 Å². The molecule has 1 aliphatic heterocycles. The largest absolute Gasteiger partial charge is 0.335 e. The SMILES string of the molecule is O=C(NC1CCC1)N(CC1CCCCN1)C1CC1. The molecule has 2 saturated carbocycles. The first kappa shape index (κ1) is 12.3. The van der Waals surface area contributed by atoms with Gasteiger partial charge >= 0.3 is 6.03 Å². The van der Waals surface area contributed by atoms with Gasteiger partial charge in [0.15, 0.2) is 0 Å². The highest BCUT2D eigenvalue weighted by atomic mass is 16.2. The molecule has 3 fully saturated rings. The van der Waals surface area contributed by atoms with Crippen molar-refractivity contribution in [1.82, 2.24) is 15.5 Å². The van der Waals surface area contributed by atoms with Gasteiger partial charge in [0.25, 0.3) is 0 Å². The molecule has 0 radical (unpaired) electrons. The Hall–Kier alpha value is -0.770. The summed E-state index contributed by atoms with van der Waals surface area (Å²) >= 11 is 0. The maximum atomic E-state index is 12.3. The molecule has 18 heavy (non-hydrogen) atoms. The van der Waals surface area contributed by atoms with Crippen molar-refractivity contribution < 1.29 is 4.79 Å². The molecule has 2 aliphatic carbocycles. The number of hydrogen-bond acceptors (Lipinski definition) is 2. The predicted molar refractivity (Wildman–Crippen MR) is 71.5 cm³/mol. The molecule has 1 saturated heterocycles. The first-order valence-corrected chi connectivity index (χ1v) is 7.63. The second-order valence-corrected chi connectivity index (χ2v) is 6.11. The van der Waals surface area contributed by atoms with Gasteiger partial charge < -0.3 is 15.5 Å². The third-order valence-electron chi connectivity index (χ3n) is 4.51. The second-order valence-electron chi connectivity index (χ2n) is 6.11. The lowest BCUT2D eigenvalue weighted by molar-refractivity contribution is 0.173. The van der Waals surface area contributed by atoms with E-state index in [4.69, 9.17) is 0 Å². The van der Waals surface area contributed by atoms with Gasteiger partial charge in [-0.25, -0.2) is 4.79 Å². The van der Waals surface area contributed by atoms with E-state index in [-0.39, 0.29) is 6.03 Å². The zero-order valence-electron chi connectivity index (χ0n) is 11.2. The van der Waals surface area contributed by atoms with E-state index in [0.29, 0.717) is 18.1 Å². The van der Waals surface area contributed by atoms with Gasteiger partial charge in [-0.3, -0.25) is 0 Å². The Morgan fingerprint density at radius 2 is 1.94 bits per heavy atom. The molecule has 2 N–H and O–H groups in total. The minimum absolute atomic E-state index is 0.189. The number of hydrogen-bond donors (Lipinski definition) is 2. The highest BCUT2D eigenvalue weighted by Gasteiger charge is 2.35. The first-order chi connectivity index (χ1) is 8.83. The van der Waals surface area contributed by atoms with Crippen LogP contribution in [-0.2, 0) is 0 Å². The third-order valence-corrected chi connectivity index (χ3v) is 4.51. The number of nitrogens with one attached hydrogen (secondary N) is 2. The molecule has 102 valence electrons. The predicted octanol–water partition coefficient (Wildman–Crippen LogP) is 1.85. The second kappa shape index (κ2) is 5.47. The molecule has 1 unspecified atom stereocenters. The van der Waals surface area contributed by atoms with Crippen LogP contribution in [0.2, 0.25) is 0 Å².